The first-order valence-corrected chi connectivity index (χ1v) is 16.0. The highest BCUT2D eigenvalue weighted by atomic mass is 32.1. The number of alkyl halides is 3. The van der Waals surface area contributed by atoms with Gasteiger partial charge in [0.2, 0.25) is 0 Å². The summed E-state index contributed by atoms with van der Waals surface area (Å²) in [5, 5.41) is 18.1. The monoisotopic (exact) mass is 681 g/mol. The third-order valence-corrected chi connectivity index (χ3v) is 8.85. The maximum absolute atomic E-state index is 13.8. The van der Waals surface area contributed by atoms with E-state index < -0.39 is 41.7 Å². The van der Waals surface area contributed by atoms with Crippen LogP contribution in [0.3, 0.4) is 0 Å². The van der Waals surface area contributed by atoms with Crippen LogP contribution in [0.5, 0.6) is 5.75 Å². The number of carbonyl (C=O) groups is 3. The summed E-state index contributed by atoms with van der Waals surface area (Å²) < 4.78 is 45.4. The number of hydrogen-bond acceptors (Lipinski definition) is 7. The predicted molar refractivity (Wildman–Crippen MR) is 176 cm³/mol. The predicted octanol–water partition coefficient (Wildman–Crippen LogP) is 6.47. The zero-order chi connectivity index (χ0) is 34.6. The van der Waals surface area contributed by atoms with Gasteiger partial charge < -0.3 is 30.3 Å². The van der Waals surface area contributed by atoms with Gasteiger partial charge in [0.1, 0.15) is 11.1 Å². The highest BCUT2D eigenvalue weighted by Gasteiger charge is 2.35. The van der Waals surface area contributed by atoms with Crippen molar-refractivity contribution in [3.05, 3.63) is 95.0 Å². The Balaban J connectivity index is 1.39. The van der Waals surface area contributed by atoms with Crippen molar-refractivity contribution >= 4 is 40.6 Å². The first-order valence-electron chi connectivity index (χ1n) is 15.1. The number of halogens is 3. The van der Waals surface area contributed by atoms with E-state index in [1.165, 1.54) is 40.3 Å². The zero-order valence-corrected chi connectivity index (χ0v) is 27.1. The van der Waals surface area contributed by atoms with E-state index in [0.717, 1.165) is 22.7 Å². The van der Waals surface area contributed by atoms with Crippen molar-refractivity contribution in [1.29, 1.82) is 0 Å². The summed E-state index contributed by atoms with van der Waals surface area (Å²) in [7, 11) is 1.51. The maximum atomic E-state index is 13.8. The van der Waals surface area contributed by atoms with Crippen LogP contribution in [0, 0.1) is 5.92 Å². The third-order valence-electron chi connectivity index (χ3n) is 8.03. The molecule has 0 unspecified atom stereocenters. The molecule has 48 heavy (non-hydrogen) atoms. The van der Waals surface area contributed by atoms with E-state index >= 15 is 0 Å². The number of nitrogens with zero attached hydrogens (tertiary/aromatic N) is 3. The fourth-order valence-electron chi connectivity index (χ4n) is 5.20. The molecule has 4 aromatic rings. The van der Waals surface area contributed by atoms with Crippen LogP contribution < -0.4 is 15.4 Å². The van der Waals surface area contributed by atoms with Gasteiger partial charge >= 0.3 is 12.2 Å². The van der Waals surface area contributed by atoms with E-state index in [-0.39, 0.29) is 48.3 Å². The van der Waals surface area contributed by atoms with Crippen molar-refractivity contribution in [3.8, 4) is 16.3 Å². The number of hydrogen-bond donors (Lipinski definition) is 3. The van der Waals surface area contributed by atoms with Crippen LogP contribution in [0.25, 0.3) is 10.6 Å². The quantitative estimate of drug-likeness (QED) is 0.196. The van der Waals surface area contributed by atoms with Crippen LogP contribution >= 0.6 is 11.3 Å². The van der Waals surface area contributed by atoms with Crippen molar-refractivity contribution in [2.24, 2.45) is 5.92 Å². The standard InChI is InChI=1S/C34H34F3N5O5S/c1-20-17-42(21(2)19-43)32(45)26-5-4-6-27(40-30(44)22-7-9-23(10-8-22)31-38-15-16-48-31)29(26)47-28(20)18-41(3)33(46)39-25-13-11-24(12-14-25)34(35,36)37/h4-16,20-21,28,43H,17-19H2,1-3H3,(H,39,46)(H,40,44)/t20-,21-,28-/m0/s1. The second-order valence-corrected chi connectivity index (χ2v) is 12.5. The van der Waals surface area contributed by atoms with Crippen molar-refractivity contribution in [2.75, 3.05) is 37.4 Å². The van der Waals surface area contributed by atoms with Crippen LogP contribution in [0.4, 0.5) is 29.3 Å². The maximum Gasteiger partial charge on any atom is 0.416 e. The lowest BCUT2D eigenvalue weighted by atomic mass is 9.99. The Hall–Kier alpha value is -4.95. The zero-order valence-electron chi connectivity index (χ0n) is 26.3. The minimum Gasteiger partial charge on any atom is -0.485 e. The molecule has 0 spiro atoms. The minimum atomic E-state index is -4.51. The van der Waals surface area contributed by atoms with E-state index in [2.05, 4.69) is 15.6 Å². The molecule has 0 bridgehead atoms. The number of aromatic nitrogens is 1. The van der Waals surface area contributed by atoms with Crippen LogP contribution in [0.15, 0.2) is 78.3 Å². The Bertz CT molecular complexity index is 1750. The first kappa shape index (κ1) is 34.4. The molecule has 252 valence electrons. The largest absolute Gasteiger partial charge is 0.485 e. The molecule has 2 heterocycles. The molecule has 4 amide bonds. The number of aliphatic hydroxyl groups excluding tert-OH is 1. The Kier molecular flexibility index (Phi) is 10.3. The molecule has 0 radical (unpaired) electrons. The Morgan fingerprint density at radius 3 is 2.44 bits per heavy atom. The fourth-order valence-corrected chi connectivity index (χ4v) is 5.84. The number of thiazole rings is 1. The van der Waals surface area contributed by atoms with Gasteiger partial charge in [0.15, 0.2) is 5.75 Å². The molecule has 1 aliphatic rings. The minimum absolute atomic E-state index is 0.0170. The molecule has 3 N–H and O–H groups in total. The normalized spacial score (nSPS) is 17.0. The van der Waals surface area contributed by atoms with E-state index in [9.17, 15) is 32.7 Å². The average Bonchev–Trinajstić information content (AvgIpc) is 3.61. The molecule has 1 aliphatic heterocycles. The lowest BCUT2D eigenvalue weighted by Crippen LogP contribution is -2.50. The summed E-state index contributed by atoms with van der Waals surface area (Å²) in [4.78, 5) is 47.4. The van der Waals surface area contributed by atoms with Gasteiger partial charge in [-0.1, -0.05) is 25.1 Å². The third kappa shape index (κ3) is 7.77. The molecule has 0 fully saturated rings. The molecular weight excluding hydrogens is 647 g/mol. The van der Waals surface area contributed by atoms with Gasteiger partial charge in [-0.25, -0.2) is 9.78 Å². The molecule has 1 aromatic heterocycles. The summed E-state index contributed by atoms with van der Waals surface area (Å²) >= 11 is 1.48. The SMILES string of the molecule is C[C@H]1CN([C@@H](C)CO)C(=O)c2cccc(NC(=O)c3ccc(-c4nccs4)cc3)c2O[C@H]1CN(C)C(=O)Nc1ccc(C(F)(F)F)cc1. The average molecular weight is 682 g/mol. The second kappa shape index (κ2) is 14.4. The van der Waals surface area contributed by atoms with Gasteiger partial charge in [0, 0.05) is 47.9 Å². The number of carbonyl (C=O) groups excluding carboxylic acids is 3. The van der Waals surface area contributed by atoms with Crippen molar-refractivity contribution in [1.82, 2.24) is 14.8 Å². The first-order chi connectivity index (χ1) is 22.8. The summed E-state index contributed by atoms with van der Waals surface area (Å²) in [6.45, 7) is 3.48. The lowest BCUT2D eigenvalue weighted by molar-refractivity contribution is -0.137. The van der Waals surface area contributed by atoms with Crippen LogP contribution in [-0.4, -0.2) is 76.6 Å². The lowest BCUT2D eigenvalue weighted by Gasteiger charge is -2.38. The Labute approximate surface area is 279 Å². The van der Waals surface area contributed by atoms with E-state index in [1.54, 1.807) is 55.6 Å². The van der Waals surface area contributed by atoms with Gasteiger partial charge in [-0.05, 0) is 55.5 Å². The molecule has 5 rings (SSSR count). The van der Waals surface area contributed by atoms with Gasteiger partial charge in [0.25, 0.3) is 11.8 Å². The Morgan fingerprint density at radius 1 is 1.10 bits per heavy atom. The number of likely N-dealkylation sites (N-methyl/N-ethyl adjacent to an activating group) is 1. The summed E-state index contributed by atoms with van der Waals surface area (Å²) in [5.41, 5.74) is 0.974. The number of aliphatic hydroxyl groups is 1. The van der Waals surface area contributed by atoms with Gasteiger partial charge in [-0.15, -0.1) is 11.3 Å². The topological polar surface area (TPSA) is 124 Å². The smallest absolute Gasteiger partial charge is 0.416 e. The van der Waals surface area contributed by atoms with Crippen LogP contribution in [0.1, 0.15) is 40.1 Å². The van der Waals surface area contributed by atoms with Crippen LogP contribution in [-0.2, 0) is 6.18 Å². The van der Waals surface area contributed by atoms with Gasteiger partial charge in [0.05, 0.1) is 36.0 Å². The number of amides is 4. The molecule has 3 aromatic carbocycles. The number of rotatable bonds is 8. The number of nitrogens with one attached hydrogen (secondary N) is 2. The molecule has 0 aliphatic carbocycles. The fraction of sp³-hybridized carbons (Fsp3) is 0.294. The van der Waals surface area contributed by atoms with E-state index in [1.807, 2.05) is 12.3 Å². The highest BCUT2D eigenvalue weighted by molar-refractivity contribution is 7.13. The molecule has 3 atom stereocenters. The highest BCUT2D eigenvalue weighted by Crippen LogP contribution is 2.36. The molecule has 10 nitrogen and oxygen atoms in total. The van der Waals surface area contributed by atoms with Crippen molar-refractivity contribution in [3.63, 3.8) is 0 Å². The summed E-state index contributed by atoms with van der Waals surface area (Å²) in [5.74, 6) is -1.09. The number of urea groups is 1. The van der Waals surface area contributed by atoms with Crippen LogP contribution in [0.2, 0.25) is 0 Å². The van der Waals surface area contributed by atoms with Crippen molar-refractivity contribution < 1.29 is 37.4 Å². The number of benzene rings is 3. The Morgan fingerprint density at radius 2 is 1.81 bits per heavy atom. The number of anilines is 2. The number of ether oxygens (including phenoxy) is 1. The number of para-hydroxylation sites is 1. The van der Waals surface area contributed by atoms with Gasteiger partial charge in [-0.3, -0.25) is 9.59 Å². The summed E-state index contributed by atoms with van der Waals surface area (Å²) in [6, 6.07) is 14.7. The molecule has 0 saturated heterocycles. The molecular formula is C34H34F3N5O5S. The summed E-state index contributed by atoms with van der Waals surface area (Å²) in [6.07, 6.45) is -3.51. The van der Waals surface area contributed by atoms with E-state index in [4.69, 9.17) is 4.74 Å². The van der Waals surface area contributed by atoms with Crippen molar-refractivity contribution in [2.45, 2.75) is 32.2 Å². The van der Waals surface area contributed by atoms with Gasteiger partial charge in [-0.2, -0.15) is 13.2 Å². The molecule has 14 heteroatoms. The second-order valence-electron chi connectivity index (χ2n) is 11.6. The molecule has 0 saturated carbocycles. The number of fused-ring (bicyclic) bond motifs is 1. The van der Waals surface area contributed by atoms with E-state index in [0.29, 0.717) is 5.56 Å².